The summed E-state index contributed by atoms with van der Waals surface area (Å²) >= 11 is 0. The van der Waals surface area contributed by atoms with Crippen molar-refractivity contribution < 1.29 is 9.53 Å². The monoisotopic (exact) mass is 334 g/mol. The Hall–Kier alpha value is -1.89. The molecule has 3 heterocycles. The molecule has 2 fully saturated rings. The Morgan fingerprint density at radius 3 is 3.04 bits per heavy atom. The Morgan fingerprint density at radius 1 is 1.38 bits per heavy atom. The van der Waals surface area contributed by atoms with Gasteiger partial charge in [-0.1, -0.05) is 0 Å². The van der Waals surface area contributed by atoms with Gasteiger partial charge in [-0.05, 0) is 32.1 Å². The van der Waals surface area contributed by atoms with Crippen LogP contribution >= 0.6 is 0 Å². The summed E-state index contributed by atoms with van der Waals surface area (Å²) in [4.78, 5) is 30.7. The summed E-state index contributed by atoms with van der Waals surface area (Å²) in [5, 5.41) is 3.10. The quantitative estimate of drug-likeness (QED) is 0.882. The van der Waals surface area contributed by atoms with Crippen LogP contribution < -0.4 is 15.8 Å². The lowest BCUT2D eigenvalue weighted by molar-refractivity contribution is -0.125. The number of aromatic nitrogens is 2. The molecule has 0 bridgehead atoms. The fourth-order valence-electron chi connectivity index (χ4n) is 3.45. The van der Waals surface area contributed by atoms with Crippen molar-refractivity contribution in [3.63, 3.8) is 0 Å². The van der Waals surface area contributed by atoms with Crippen molar-refractivity contribution in [3.05, 3.63) is 22.7 Å². The molecule has 0 radical (unpaired) electrons. The molecule has 1 N–H and O–H groups in total. The van der Waals surface area contributed by atoms with E-state index in [0.29, 0.717) is 18.8 Å². The van der Waals surface area contributed by atoms with E-state index in [-0.39, 0.29) is 23.6 Å². The number of nitrogens with one attached hydrogen (secondary N) is 1. The van der Waals surface area contributed by atoms with Gasteiger partial charge in [0.2, 0.25) is 5.91 Å². The molecule has 1 amide bonds. The number of amides is 1. The third kappa shape index (κ3) is 4.14. The molecule has 0 spiro atoms. The first-order valence-corrected chi connectivity index (χ1v) is 8.81. The van der Waals surface area contributed by atoms with Crippen LogP contribution in [0.1, 0.15) is 38.5 Å². The zero-order valence-corrected chi connectivity index (χ0v) is 14.2. The molecule has 3 rings (SSSR count). The van der Waals surface area contributed by atoms with E-state index in [1.807, 2.05) is 4.90 Å². The van der Waals surface area contributed by atoms with Gasteiger partial charge >= 0.3 is 0 Å². The molecule has 24 heavy (non-hydrogen) atoms. The molecule has 7 heteroatoms. The normalized spacial score (nSPS) is 24.6. The van der Waals surface area contributed by atoms with Gasteiger partial charge in [0.15, 0.2) is 5.82 Å². The van der Waals surface area contributed by atoms with Gasteiger partial charge in [-0.25, -0.2) is 4.98 Å². The second kappa shape index (κ2) is 7.79. The predicted molar refractivity (Wildman–Crippen MR) is 91.1 cm³/mol. The van der Waals surface area contributed by atoms with Gasteiger partial charge < -0.3 is 19.5 Å². The van der Waals surface area contributed by atoms with Gasteiger partial charge in [0.05, 0.1) is 12.5 Å². The summed E-state index contributed by atoms with van der Waals surface area (Å²) in [7, 11) is 1.72. The highest BCUT2D eigenvalue weighted by Gasteiger charge is 2.25. The molecule has 1 aromatic heterocycles. The van der Waals surface area contributed by atoms with E-state index < -0.39 is 0 Å². The van der Waals surface area contributed by atoms with Crippen molar-refractivity contribution in [3.8, 4) is 0 Å². The van der Waals surface area contributed by atoms with Gasteiger partial charge in [0, 0.05) is 45.2 Å². The molecule has 132 valence electrons. The van der Waals surface area contributed by atoms with Crippen molar-refractivity contribution in [1.29, 1.82) is 0 Å². The van der Waals surface area contributed by atoms with Gasteiger partial charge in [0.25, 0.3) is 5.56 Å². The van der Waals surface area contributed by atoms with Crippen LogP contribution in [0.3, 0.4) is 0 Å². The molecule has 0 saturated carbocycles. The SMILES string of the molecule is Cn1ccnc(N2CCCC(NC(=O)CC3CCCCO3)C2)c1=O. The van der Waals surface area contributed by atoms with Crippen molar-refractivity contribution in [2.45, 2.75) is 50.7 Å². The Balaban J connectivity index is 1.56. The highest BCUT2D eigenvalue weighted by atomic mass is 16.5. The molecule has 0 aromatic carbocycles. The Bertz CT molecular complexity index is 625. The van der Waals surface area contributed by atoms with Crippen LogP contribution in [0.25, 0.3) is 0 Å². The molecule has 2 aliphatic heterocycles. The third-order valence-corrected chi connectivity index (χ3v) is 4.77. The maximum Gasteiger partial charge on any atom is 0.293 e. The zero-order valence-electron chi connectivity index (χ0n) is 14.2. The van der Waals surface area contributed by atoms with E-state index in [9.17, 15) is 9.59 Å². The lowest BCUT2D eigenvalue weighted by atomic mass is 10.0. The standard InChI is InChI=1S/C17H26N4O3/c1-20-9-7-18-16(17(20)23)21-8-4-5-13(12-21)19-15(22)11-14-6-2-3-10-24-14/h7,9,13-14H,2-6,8,10-12H2,1H3,(H,19,22). The fourth-order valence-corrected chi connectivity index (χ4v) is 3.45. The maximum absolute atomic E-state index is 12.3. The lowest BCUT2D eigenvalue weighted by Gasteiger charge is -2.34. The number of aryl methyl sites for hydroxylation is 1. The van der Waals surface area contributed by atoms with E-state index in [4.69, 9.17) is 4.74 Å². The number of piperidine rings is 1. The van der Waals surface area contributed by atoms with Crippen molar-refractivity contribution in [2.75, 3.05) is 24.6 Å². The minimum atomic E-state index is -0.0971. The number of hydrogen-bond donors (Lipinski definition) is 1. The zero-order chi connectivity index (χ0) is 16.9. The second-order valence-electron chi connectivity index (χ2n) is 6.71. The third-order valence-electron chi connectivity index (χ3n) is 4.77. The van der Waals surface area contributed by atoms with E-state index in [1.54, 1.807) is 19.4 Å². The molecule has 2 atom stereocenters. The van der Waals surface area contributed by atoms with Gasteiger partial charge in [-0.2, -0.15) is 0 Å². The Morgan fingerprint density at radius 2 is 2.25 bits per heavy atom. The highest BCUT2D eigenvalue weighted by Crippen LogP contribution is 2.17. The number of nitrogens with zero attached hydrogens (tertiary/aromatic N) is 3. The fraction of sp³-hybridized carbons (Fsp3) is 0.706. The summed E-state index contributed by atoms with van der Waals surface area (Å²) in [5.41, 5.74) is -0.0971. The number of rotatable bonds is 4. The summed E-state index contributed by atoms with van der Waals surface area (Å²) in [6, 6.07) is 0.0570. The van der Waals surface area contributed by atoms with Crippen molar-refractivity contribution in [2.24, 2.45) is 7.05 Å². The van der Waals surface area contributed by atoms with Crippen LogP contribution in [-0.4, -0.2) is 47.3 Å². The summed E-state index contributed by atoms with van der Waals surface area (Å²) in [6.07, 6.45) is 8.84. The highest BCUT2D eigenvalue weighted by molar-refractivity contribution is 5.76. The van der Waals surface area contributed by atoms with Crippen LogP contribution in [0.4, 0.5) is 5.82 Å². The lowest BCUT2D eigenvalue weighted by Crippen LogP contribution is -2.50. The van der Waals surface area contributed by atoms with E-state index >= 15 is 0 Å². The molecule has 2 unspecified atom stereocenters. The Kier molecular flexibility index (Phi) is 5.50. The maximum atomic E-state index is 12.3. The van der Waals surface area contributed by atoms with Crippen LogP contribution in [-0.2, 0) is 16.6 Å². The van der Waals surface area contributed by atoms with Crippen LogP contribution in [0, 0.1) is 0 Å². The molecule has 1 aromatic rings. The smallest absolute Gasteiger partial charge is 0.293 e. The van der Waals surface area contributed by atoms with Gasteiger partial charge in [-0.3, -0.25) is 9.59 Å². The van der Waals surface area contributed by atoms with E-state index in [0.717, 1.165) is 45.3 Å². The van der Waals surface area contributed by atoms with Crippen LogP contribution in [0.2, 0.25) is 0 Å². The van der Waals surface area contributed by atoms with E-state index in [2.05, 4.69) is 10.3 Å². The van der Waals surface area contributed by atoms with Crippen molar-refractivity contribution in [1.82, 2.24) is 14.9 Å². The molecule has 2 saturated heterocycles. The summed E-state index contributed by atoms with van der Waals surface area (Å²) in [5.74, 6) is 0.511. The molecular formula is C17H26N4O3. The summed E-state index contributed by atoms with van der Waals surface area (Å²) < 4.78 is 7.16. The number of anilines is 1. The van der Waals surface area contributed by atoms with Crippen molar-refractivity contribution >= 4 is 11.7 Å². The molecule has 0 aliphatic carbocycles. The average Bonchev–Trinajstić information content (AvgIpc) is 2.58. The average molecular weight is 334 g/mol. The van der Waals surface area contributed by atoms with Gasteiger partial charge in [0.1, 0.15) is 0 Å². The first kappa shape index (κ1) is 17.0. The van der Waals surface area contributed by atoms with E-state index in [1.165, 1.54) is 4.57 Å². The minimum Gasteiger partial charge on any atom is -0.378 e. The Labute approximate surface area is 142 Å². The first-order chi connectivity index (χ1) is 11.6. The molecular weight excluding hydrogens is 308 g/mol. The summed E-state index contributed by atoms with van der Waals surface area (Å²) in [6.45, 7) is 2.19. The number of carbonyl (C=O) groups is 1. The predicted octanol–water partition coefficient (Wildman–Crippen LogP) is 0.825. The van der Waals surface area contributed by atoms with Crippen LogP contribution in [0.5, 0.6) is 0 Å². The molecule has 2 aliphatic rings. The van der Waals surface area contributed by atoms with Crippen LogP contribution in [0.15, 0.2) is 17.2 Å². The molecule has 7 nitrogen and oxygen atoms in total. The van der Waals surface area contributed by atoms with Gasteiger partial charge in [-0.15, -0.1) is 0 Å². The number of hydrogen-bond acceptors (Lipinski definition) is 5. The topological polar surface area (TPSA) is 76.5 Å². The number of carbonyl (C=O) groups excluding carboxylic acids is 1. The second-order valence-corrected chi connectivity index (χ2v) is 6.71. The first-order valence-electron chi connectivity index (χ1n) is 8.81. The largest absolute Gasteiger partial charge is 0.378 e. The minimum absolute atomic E-state index is 0.0441. The number of ether oxygens (including phenoxy) is 1.